The summed E-state index contributed by atoms with van der Waals surface area (Å²) < 4.78 is 21.6. The van der Waals surface area contributed by atoms with Crippen LogP contribution in [0.1, 0.15) is 6.92 Å². The summed E-state index contributed by atoms with van der Waals surface area (Å²) in [7, 11) is -3.66. The van der Waals surface area contributed by atoms with E-state index < -0.39 is 28.0 Å². The molecule has 0 amide bonds. The lowest BCUT2D eigenvalue weighted by molar-refractivity contribution is 0.0241. The van der Waals surface area contributed by atoms with E-state index in [0.717, 1.165) is 0 Å². The first-order valence-corrected chi connectivity index (χ1v) is 4.85. The minimum Gasteiger partial charge on any atom is -0.394 e. The molecule has 0 saturated carbocycles. The molecule has 0 fully saturated rings. The van der Waals surface area contributed by atoms with E-state index in [1.54, 1.807) is 0 Å². The summed E-state index contributed by atoms with van der Waals surface area (Å²) in [6, 6.07) is 0. The molecule has 0 aliphatic heterocycles. The Morgan fingerprint density at radius 1 is 1.36 bits per heavy atom. The molecule has 3 N–H and O–H groups in total. The van der Waals surface area contributed by atoms with Gasteiger partial charge in [0.05, 0.1) is 12.4 Å². The molecule has 0 aliphatic carbocycles. The summed E-state index contributed by atoms with van der Waals surface area (Å²) in [5.41, 5.74) is -1.88. The normalized spacial score (nSPS) is 17.8. The number of hydrogen-bond acceptors (Lipinski definition) is 5. The minimum atomic E-state index is -3.66. The van der Waals surface area contributed by atoms with Crippen molar-refractivity contribution in [1.82, 2.24) is 0 Å². The monoisotopic (exact) mass is 184 g/mol. The molecule has 0 aromatic heterocycles. The fraction of sp³-hybridized carbons (Fsp3) is 1.00. The maximum atomic E-state index is 10.8. The second-order valence-corrected chi connectivity index (χ2v) is 4.48. The summed E-state index contributed by atoms with van der Waals surface area (Å²) in [6.45, 7) is 0.586. The van der Waals surface area contributed by atoms with Gasteiger partial charge in [0.2, 0.25) is 0 Å². The van der Waals surface area contributed by atoms with Crippen LogP contribution < -0.4 is 0 Å². The molecule has 0 aliphatic rings. The Morgan fingerprint density at radius 2 is 1.82 bits per heavy atom. The number of aliphatic hydroxyl groups is 3. The topological polar surface area (TPSA) is 94.8 Å². The second-order valence-electron chi connectivity index (χ2n) is 2.09. The van der Waals surface area contributed by atoms with E-state index in [-0.39, 0.29) is 5.75 Å². The van der Waals surface area contributed by atoms with Crippen LogP contribution in [0.5, 0.6) is 0 Å². The van der Waals surface area contributed by atoms with Gasteiger partial charge in [-0.3, -0.25) is 0 Å². The predicted octanol–water partition coefficient (Wildman–Crippen LogP) is -1.91. The molecular weight excluding hydrogens is 172 g/mol. The zero-order valence-corrected chi connectivity index (χ0v) is 6.95. The first-order valence-electron chi connectivity index (χ1n) is 3.14. The summed E-state index contributed by atoms with van der Waals surface area (Å²) in [5, 5.41) is 25.9. The van der Waals surface area contributed by atoms with Crippen molar-refractivity contribution in [2.75, 3.05) is 12.4 Å². The fourth-order valence-corrected chi connectivity index (χ4v) is 1.41. The van der Waals surface area contributed by atoms with E-state index in [4.69, 9.17) is 15.3 Å². The average molecular weight is 184 g/mol. The maximum absolute atomic E-state index is 10.8. The average Bonchev–Trinajstić information content (AvgIpc) is 2.01. The molecule has 0 bridgehead atoms. The van der Waals surface area contributed by atoms with Crippen LogP contribution in [0.4, 0.5) is 0 Å². The Bertz CT molecular complexity index is 197. The van der Waals surface area contributed by atoms with Crippen LogP contribution in [0, 0.1) is 0 Å². The van der Waals surface area contributed by atoms with Gasteiger partial charge in [-0.05, 0) is 0 Å². The van der Waals surface area contributed by atoms with Crippen molar-refractivity contribution in [3.05, 3.63) is 0 Å². The second kappa shape index (κ2) is 4.01. The van der Waals surface area contributed by atoms with Gasteiger partial charge in [-0.1, -0.05) is 6.92 Å². The van der Waals surface area contributed by atoms with Crippen LogP contribution in [0.3, 0.4) is 0 Å². The van der Waals surface area contributed by atoms with Gasteiger partial charge in [-0.25, -0.2) is 8.42 Å². The highest BCUT2D eigenvalue weighted by molar-refractivity contribution is 7.91. The van der Waals surface area contributed by atoms with Crippen molar-refractivity contribution < 1.29 is 23.7 Å². The maximum Gasteiger partial charge on any atom is 0.183 e. The van der Waals surface area contributed by atoms with Gasteiger partial charge in [-0.2, -0.15) is 0 Å². The van der Waals surface area contributed by atoms with Gasteiger partial charge in [0.1, 0.15) is 6.10 Å². The fourth-order valence-electron chi connectivity index (χ4n) is 0.500. The largest absolute Gasteiger partial charge is 0.394 e. The Hall–Kier alpha value is -0.170. The van der Waals surface area contributed by atoms with E-state index in [9.17, 15) is 8.42 Å². The van der Waals surface area contributed by atoms with Crippen molar-refractivity contribution in [2.24, 2.45) is 0 Å². The third-order valence-electron chi connectivity index (χ3n) is 1.29. The summed E-state index contributed by atoms with van der Waals surface area (Å²) in [5.74, 6) is -0.259. The Morgan fingerprint density at radius 3 is 2.09 bits per heavy atom. The van der Waals surface area contributed by atoms with E-state index in [1.165, 1.54) is 6.92 Å². The zero-order chi connectivity index (χ0) is 9.07. The Kier molecular flexibility index (Phi) is 3.95. The Balaban J connectivity index is 4.36. The summed E-state index contributed by atoms with van der Waals surface area (Å²) >= 11 is 0. The molecule has 68 valence electrons. The van der Waals surface area contributed by atoms with E-state index in [1.807, 2.05) is 0 Å². The number of aliphatic hydroxyl groups excluding tert-OH is 3. The Labute approximate surface area is 65.2 Å². The highest BCUT2D eigenvalue weighted by Gasteiger charge is 2.27. The first-order chi connectivity index (χ1) is 4.95. The SMILES string of the molecule is CCS(=O)(=O)C(O)C(O)CO. The molecule has 11 heavy (non-hydrogen) atoms. The molecule has 5 nitrogen and oxygen atoms in total. The smallest absolute Gasteiger partial charge is 0.183 e. The van der Waals surface area contributed by atoms with E-state index in [0.29, 0.717) is 0 Å². The van der Waals surface area contributed by atoms with Crippen LogP contribution in [-0.4, -0.2) is 47.6 Å². The molecule has 0 saturated heterocycles. The van der Waals surface area contributed by atoms with Crippen molar-refractivity contribution in [3.63, 3.8) is 0 Å². The van der Waals surface area contributed by atoms with Gasteiger partial charge in [-0.15, -0.1) is 0 Å². The lowest BCUT2D eigenvalue weighted by Gasteiger charge is -2.14. The van der Waals surface area contributed by atoms with Crippen molar-refractivity contribution >= 4 is 9.84 Å². The van der Waals surface area contributed by atoms with E-state index >= 15 is 0 Å². The van der Waals surface area contributed by atoms with Crippen molar-refractivity contribution in [1.29, 1.82) is 0 Å². The van der Waals surface area contributed by atoms with Gasteiger partial charge >= 0.3 is 0 Å². The highest BCUT2D eigenvalue weighted by atomic mass is 32.2. The highest BCUT2D eigenvalue weighted by Crippen LogP contribution is 2.03. The van der Waals surface area contributed by atoms with Crippen molar-refractivity contribution in [3.8, 4) is 0 Å². The van der Waals surface area contributed by atoms with Crippen LogP contribution >= 0.6 is 0 Å². The van der Waals surface area contributed by atoms with Gasteiger partial charge in [0.25, 0.3) is 0 Å². The third kappa shape index (κ3) is 2.74. The first kappa shape index (κ1) is 10.8. The third-order valence-corrected chi connectivity index (χ3v) is 3.14. The van der Waals surface area contributed by atoms with Gasteiger partial charge in [0, 0.05) is 0 Å². The molecule has 6 heteroatoms. The molecule has 0 aromatic rings. The molecule has 2 atom stereocenters. The van der Waals surface area contributed by atoms with Crippen LogP contribution in [0.2, 0.25) is 0 Å². The predicted molar refractivity (Wildman–Crippen MR) is 38.6 cm³/mol. The lowest BCUT2D eigenvalue weighted by Crippen LogP contribution is -2.37. The van der Waals surface area contributed by atoms with E-state index in [2.05, 4.69) is 0 Å². The quantitative estimate of drug-likeness (QED) is 0.474. The van der Waals surface area contributed by atoms with Crippen LogP contribution in [0.25, 0.3) is 0 Å². The molecule has 0 radical (unpaired) electrons. The van der Waals surface area contributed by atoms with Gasteiger partial charge < -0.3 is 15.3 Å². The number of rotatable bonds is 4. The molecule has 0 heterocycles. The molecular formula is C5H12O5S. The molecule has 0 rings (SSSR count). The number of sulfone groups is 1. The minimum absolute atomic E-state index is 0.259. The lowest BCUT2D eigenvalue weighted by atomic mass is 10.4. The van der Waals surface area contributed by atoms with Crippen molar-refractivity contribution in [2.45, 2.75) is 18.5 Å². The molecule has 0 spiro atoms. The molecule has 0 aromatic carbocycles. The zero-order valence-electron chi connectivity index (χ0n) is 6.14. The summed E-state index contributed by atoms with van der Waals surface area (Å²) in [4.78, 5) is 0. The van der Waals surface area contributed by atoms with Gasteiger partial charge in [0.15, 0.2) is 15.3 Å². The van der Waals surface area contributed by atoms with Crippen LogP contribution in [0.15, 0.2) is 0 Å². The molecule has 2 unspecified atom stereocenters. The van der Waals surface area contributed by atoms with Crippen LogP contribution in [-0.2, 0) is 9.84 Å². The number of hydrogen-bond donors (Lipinski definition) is 3. The standard InChI is InChI=1S/C5H12O5S/c1-2-11(9,10)5(8)4(7)3-6/h4-8H,2-3H2,1H3. The summed E-state index contributed by atoms with van der Waals surface area (Å²) in [6.07, 6.45) is -1.61.